The first-order valence-electron chi connectivity index (χ1n) is 10.4. The Morgan fingerprint density at radius 3 is 2.07 bits per heavy atom. The second kappa shape index (κ2) is 15.4. The molecule has 0 aliphatic carbocycles. The predicted octanol–water partition coefficient (Wildman–Crippen LogP) is 4.27. The summed E-state index contributed by atoms with van der Waals surface area (Å²) in [5.41, 5.74) is 9.59. The lowest BCUT2D eigenvalue weighted by molar-refractivity contribution is 0.599. The van der Waals surface area contributed by atoms with E-state index >= 15 is 0 Å². The molecule has 0 bridgehead atoms. The molecule has 3 nitrogen and oxygen atoms in total. The standard InChI is InChI=1S/C14H25N3.C10H14/c1-13-4-6-14(7-5-13)3-2-9-16-11-12-17-10-8-15;1-3-9(2)10-7-5-4-6-8-10/h4-7,16-17H,2-3,8-12,15H2,1H3;4-9H,3H2,1-2H3. The van der Waals surface area contributed by atoms with Gasteiger partial charge in [0.15, 0.2) is 0 Å². The van der Waals surface area contributed by atoms with Crippen molar-refractivity contribution in [2.24, 2.45) is 5.73 Å². The normalized spacial score (nSPS) is 11.6. The van der Waals surface area contributed by atoms with Crippen LogP contribution >= 0.6 is 0 Å². The molecular weight excluding hydrogens is 330 g/mol. The number of rotatable bonds is 11. The van der Waals surface area contributed by atoms with Crippen LogP contribution in [0.25, 0.3) is 0 Å². The maximum Gasteiger partial charge on any atom is 0.00772 e. The van der Waals surface area contributed by atoms with Crippen LogP contribution in [0.2, 0.25) is 0 Å². The highest BCUT2D eigenvalue weighted by molar-refractivity contribution is 5.21. The largest absolute Gasteiger partial charge is 0.329 e. The van der Waals surface area contributed by atoms with Crippen molar-refractivity contribution in [1.29, 1.82) is 0 Å². The first kappa shape index (κ1) is 23.4. The summed E-state index contributed by atoms with van der Waals surface area (Å²) in [5.74, 6) is 0.709. The van der Waals surface area contributed by atoms with Crippen molar-refractivity contribution in [3.05, 3.63) is 71.3 Å². The van der Waals surface area contributed by atoms with Crippen LogP contribution in [0, 0.1) is 6.92 Å². The zero-order valence-corrected chi connectivity index (χ0v) is 17.5. The van der Waals surface area contributed by atoms with Crippen molar-refractivity contribution in [1.82, 2.24) is 10.6 Å². The first-order chi connectivity index (χ1) is 13.2. The maximum absolute atomic E-state index is 5.38. The Morgan fingerprint density at radius 2 is 1.48 bits per heavy atom. The van der Waals surface area contributed by atoms with E-state index in [0.717, 1.165) is 32.6 Å². The van der Waals surface area contributed by atoms with Gasteiger partial charge in [0.05, 0.1) is 0 Å². The van der Waals surface area contributed by atoms with Crippen molar-refractivity contribution in [3.8, 4) is 0 Å². The molecule has 1 atom stereocenters. The molecule has 0 saturated heterocycles. The fourth-order valence-corrected chi connectivity index (χ4v) is 2.72. The van der Waals surface area contributed by atoms with Gasteiger partial charge in [0.1, 0.15) is 0 Å². The van der Waals surface area contributed by atoms with Gasteiger partial charge in [-0.2, -0.15) is 0 Å². The van der Waals surface area contributed by atoms with Gasteiger partial charge in [-0.3, -0.25) is 0 Å². The fraction of sp³-hybridized carbons (Fsp3) is 0.500. The average molecular weight is 370 g/mol. The Morgan fingerprint density at radius 1 is 0.852 bits per heavy atom. The van der Waals surface area contributed by atoms with Crippen LogP contribution in [0.3, 0.4) is 0 Å². The van der Waals surface area contributed by atoms with Gasteiger partial charge in [-0.25, -0.2) is 0 Å². The van der Waals surface area contributed by atoms with Crippen LogP contribution in [0.15, 0.2) is 54.6 Å². The monoisotopic (exact) mass is 369 g/mol. The third-order valence-corrected chi connectivity index (χ3v) is 4.72. The van der Waals surface area contributed by atoms with Gasteiger partial charge in [-0.05, 0) is 49.8 Å². The van der Waals surface area contributed by atoms with Gasteiger partial charge >= 0.3 is 0 Å². The van der Waals surface area contributed by atoms with Crippen molar-refractivity contribution < 1.29 is 0 Å². The van der Waals surface area contributed by atoms with Gasteiger partial charge in [0.2, 0.25) is 0 Å². The third-order valence-electron chi connectivity index (χ3n) is 4.72. The highest BCUT2D eigenvalue weighted by Gasteiger charge is 1.99. The van der Waals surface area contributed by atoms with Crippen LogP contribution in [-0.2, 0) is 6.42 Å². The Balaban J connectivity index is 0.000000309. The highest BCUT2D eigenvalue weighted by Crippen LogP contribution is 2.16. The second-order valence-electron chi connectivity index (χ2n) is 7.10. The minimum atomic E-state index is 0.709. The van der Waals surface area contributed by atoms with Crippen molar-refractivity contribution >= 4 is 0 Å². The zero-order chi connectivity index (χ0) is 19.7. The molecule has 2 rings (SSSR count). The topological polar surface area (TPSA) is 50.1 Å². The smallest absolute Gasteiger partial charge is 0.00772 e. The minimum Gasteiger partial charge on any atom is -0.329 e. The van der Waals surface area contributed by atoms with E-state index in [-0.39, 0.29) is 0 Å². The van der Waals surface area contributed by atoms with Crippen LogP contribution in [-0.4, -0.2) is 32.7 Å². The van der Waals surface area contributed by atoms with E-state index in [4.69, 9.17) is 5.73 Å². The van der Waals surface area contributed by atoms with Gasteiger partial charge in [-0.1, -0.05) is 74.0 Å². The van der Waals surface area contributed by atoms with Crippen LogP contribution in [0.4, 0.5) is 0 Å². The Hall–Kier alpha value is -1.68. The van der Waals surface area contributed by atoms with Crippen molar-refractivity contribution in [2.75, 3.05) is 32.7 Å². The lowest BCUT2D eigenvalue weighted by Crippen LogP contribution is -2.31. The number of hydrogen-bond donors (Lipinski definition) is 3. The molecule has 0 fully saturated rings. The summed E-state index contributed by atoms with van der Waals surface area (Å²) in [6.45, 7) is 11.3. The molecule has 0 radical (unpaired) electrons. The summed E-state index contributed by atoms with van der Waals surface area (Å²) in [6.07, 6.45) is 3.58. The summed E-state index contributed by atoms with van der Waals surface area (Å²) in [5, 5.41) is 6.68. The predicted molar refractivity (Wildman–Crippen MR) is 119 cm³/mol. The van der Waals surface area contributed by atoms with E-state index in [1.807, 2.05) is 0 Å². The molecule has 0 amide bonds. The lowest BCUT2D eigenvalue weighted by atomic mass is 9.99. The quantitative estimate of drug-likeness (QED) is 0.519. The van der Waals surface area contributed by atoms with Gasteiger partial charge in [-0.15, -0.1) is 0 Å². The van der Waals surface area contributed by atoms with Crippen molar-refractivity contribution in [2.45, 2.75) is 46.0 Å². The molecule has 0 saturated carbocycles. The Bertz CT molecular complexity index is 566. The molecule has 150 valence electrons. The SMILES string of the molecule is CCC(C)c1ccccc1.Cc1ccc(CCCNCCNCCN)cc1. The molecule has 27 heavy (non-hydrogen) atoms. The number of nitrogens with one attached hydrogen (secondary N) is 2. The number of aryl methyl sites for hydroxylation is 2. The van der Waals surface area contributed by atoms with E-state index in [0.29, 0.717) is 12.5 Å². The second-order valence-corrected chi connectivity index (χ2v) is 7.10. The average Bonchev–Trinajstić information content (AvgIpc) is 2.72. The minimum absolute atomic E-state index is 0.709. The van der Waals surface area contributed by atoms with Gasteiger partial charge < -0.3 is 16.4 Å². The fourth-order valence-electron chi connectivity index (χ4n) is 2.72. The molecular formula is C24H39N3. The van der Waals surface area contributed by atoms with E-state index in [2.05, 4.69) is 86.0 Å². The summed E-state index contributed by atoms with van der Waals surface area (Å²) in [7, 11) is 0. The van der Waals surface area contributed by atoms with Gasteiger partial charge in [0, 0.05) is 26.2 Å². The zero-order valence-electron chi connectivity index (χ0n) is 17.5. The molecule has 0 spiro atoms. The summed E-state index contributed by atoms with van der Waals surface area (Å²) in [4.78, 5) is 0. The molecule has 0 aliphatic heterocycles. The number of nitrogens with two attached hydrogens (primary N) is 1. The first-order valence-corrected chi connectivity index (χ1v) is 10.4. The summed E-state index contributed by atoms with van der Waals surface area (Å²) in [6, 6.07) is 19.4. The molecule has 0 aromatic heterocycles. The van der Waals surface area contributed by atoms with Crippen molar-refractivity contribution in [3.63, 3.8) is 0 Å². The van der Waals surface area contributed by atoms with Crippen LogP contribution in [0.5, 0.6) is 0 Å². The Labute approximate surface area is 166 Å². The molecule has 4 N–H and O–H groups in total. The lowest BCUT2D eigenvalue weighted by Gasteiger charge is -2.06. The molecule has 0 heterocycles. The summed E-state index contributed by atoms with van der Waals surface area (Å²) < 4.78 is 0. The highest BCUT2D eigenvalue weighted by atomic mass is 14.9. The molecule has 2 aromatic rings. The van der Waals surface area contributed by atoms with E-state index < -0.39 is 0 Å². The van der Waals surface area contributed by atoms with E-state index in [1.54, 1.807) is 0 Å². The Kier molecular flexibility index (Phi) is 13.3. The summed E-state index contributed by atoms with van der Waals surface area (Å²) >= 11 is 0. The molecule has 0 aliphatic rings. The number of benzene rings is 2. The third kappa shape index (κ3) is 11.6. The van der Waals surface area contributed by atoms with Crippen LogP contribution < -0.4 is 16.4 Å². The van der Waals surface area contributed by atoms with Gasteiger partial charge in [0.25, 0.3) is 0 Å². The number of hydrogen-bond acceptors (Lipinski definition) is 3. The molecule has 3 heteroatoms. The molecule has 1 unspecified atom stereocenters. The van der Waals surface area contributed by atoms with E-state index in [9.17, 15) is 0 Å². The van der Waals surface area contributed by atoms with E-state index in [1.165, 1.54) is 29.5 Å². The molecule has 2 aromatic carbocycles. The van der Waals surface area contributed by atoms with Crippen LogP contribution in [0.1, 0.15) is 49.3 Å². The maximum atomic E-state index is 5.38.